The molecule has 16 heavy (non-hydrogen) atoms. The first-order chi connectivity index (χ1) is 7.67. The summed E-state index contributed by atoms with van der Waals surface area (Å²) in [5, 5.41) is 0. The van der Waals surface area contributed by atoms with E-state index in [1.54, 1.807) is 0 Å². The van der Waals surface area contributed by atoms with E-state index in [9.17, 15) is 4.79 Å². The largest absolute Gasteiger partial charge is 0.372 e. The monoisotopic (exact) mass is 227 g/mol. The van der Waals surface area contributed by atoms with Gasteiger partial charge in [-0.2, -0.15) is 0 Å². The van der Waals surface area contributed by atoms with E-state index in [0.29, 0.717) is 12.0 Å². The number of ether oxygens (including phenoxy) is 1. The van der Waals surface area contributed by atoms with E-state index in [4.69, 9.17) is 4.74 Å². The summed E-state index contributed by atoms with van der Waals surface area (Å²) in [6, 6.07) is 0. The van der Waals surface area contributed by atoms with Crippen molar-refractivity contribution in [3.63, 3.8) is 0 Å². The number of likely N-dealkylation sites (tertiary alicyclic amines) is 1. The fraction of sp³-hybridized carbons (Fsp3) is 0.923. The highest BCUT2D eigenvalue weighted by Gasteiger charge is 2.36. The number of nitrogens with zero attached hydrogens (tertiary/aromatic N) is 1. The zero-order valence-corrected chi connectivity index (χ0v) is 10.9. The highest BCUT2D eigenvalue weighted by molar-refractivity contribution is 5.77. The molecule has 1 aliphatic heterocycles. The van der Waals surface area contributed by atoms with Crippen LogP contribution in [0, 0.1) is 5.41 Å². The Morgan fingerprint density at radius 1 is 1.31 bits per heavy atom. The molecule has 94 valence electrons. The normalized spacial score (nSPS) is 19.1. The Kier molecular flexibility index (Phi) is 5.26. The van der Waals surface area contributed by atoms with Crippen molar-refractivity contribution in [2.75, 3.05) is 26.3 Å². The van der Waals surface area contributed by atoms with Gasteiger partial charge in [0.1, 0.15) is 6.61 Å². The van der Waals surface area contributed by atoms with Gasteiger partial charge in [-0.3, -0.25) is 4.79 Å². The lowest BCUT2D eigenvalue weighted by atomic mass is 9.82. The Morgan fingerprint density at radius 2 is 2.00 bits per heavy atom. The Labute approximate surface area is 99.1 Å². The quantitative estimate of drug-likeness (QED) is 0.652. The highest BCUT2D eigenvalue weighted by Crippen LogP contribution is 2.36. The number of amides is 1. The van der Waals surface area contributed by atoms with Crippen molar-refractivity contribution in [3.05, 3.63) is 0 Å². The molecule has 0 aromatic heterocycles. The van der Waals surface area contributed by atoms with Crippen molar-refractivity contribution in [1.29, 1.82) is 0 Å². The van der Waals surface area contributed by atoms with Crippen molar-refractivity contribution in [2.24, 2.45) is 5.41 Å². The lowest BCUT2D eigenvalue weighted by Crippen LogP contribution is -2.34. The van der Waals surface area contributed by atoms with Crippen molar-refractivity contribution in [3.8, 4) is 0 Å². The molecule has 1 rings (SSSR count). The van der Waals surface area contributed by atoms with Crippen molar-refractivity contribution in [2.45, 2.75) is 46.5 Å². The first-order valence-corrected chi connectivity index (χ1v) is 6.53. The molecule has 1 amide bonds. The smallest absolute Gasteiger partial charge is 0.248 e. The first-order valence-electron chi connectivity index (χ1n) is 6.53. The van der Waals surface area contributed by atoms with Crippen LogP contribution in [0.3, 0.4) is 0 Å². The molecule has 0 N–H and O–H groups in total. The van der Waals surface area contributed by atoms with Gasteiger partial charge in [-0.25, -0.2) is 0 Å². The molecule has 0 unspecified atom stereocenters. The van der Waals surface area contributed by atoms with Crippen molar-refractivity contribution < 1.29 is 9.53 Å². The third-order valence-corrected chi connectivity index (χ3v) is 3.87. The minimum absolute atomic E-state index is 0.164. The molecule has 0 aromatic carbocycles. The maximum atomic E-state index is 11.8. The third-order valence-electron chi connectivity index (χ3n) is 3.87. The Hall–Kier alpha value is -0.570. The molecule has 0 radical (unpaired) electrons. The summed E-state index contributed by atoms with van der Waals surface area (Å²) < 4.78 is 5.30. The van der Waals surface area contributed by atoms with Crippen molar-refractivity contribution in [1.82, 2.24) is 4.90 Å². The molecule has 1 heterocycles. The molecule has 1 fully saturated rings. The van der Waals surface area contributed by atoms with Crippen LogP contribution in [0.5, 0.6) is 0 Å². The van der Waals surface area contributed by atoms with E-state index in [-0.39, 0.29) is 12.5 Å². The number of hydrogen-bond donors (Lipinski definition) is 0. The average Bonchev–Trinajstić information content (AvgIpc) is 2.74. The topological polar surface area (TPSA) is 29.5 Å². The molecule has 0 saturated carbocycles. The fourth-order valence-electron chi connectivity index (χ4n) is 2.37. The second-order valence-corrected chi connectivity index (χ2v) is 4.82. The van der Waals surface area contributed by atoms with Crippen LogP contribution in [0.15, 0.2) is 0 Å². The Morgan fingerprint density at radius 3 is 2.50 bits per heavy atom. The van der Waals surface area contributed by atoms with Gasteiger partial charge in [0.05, 0.1) is 0 Å². The zero-order chi connectivity index (χ0) is 12.0. The first kappa shape index (κ1) is 13.5. The molecule has 3 nitrogen and oxygen atoms in total. The molecule has 0 atom stereocenters. The van der Waals surface area contributed by atoms with E-state index in [0.717, 1.165) is 25.9 Å². The number of hydrogen-bond acceptors (Lipinski definition) is 2. The van der Waals surface area contributed by atoms with Crippen LogP contribution in [0.1, 0.15) is 46.5 Å². The van der Waals surface area contributed by atoms with Gasteiger partial charge in [0.15, 0.2) is 0 Å². The predicted octanol–water partition coefficient (Wildman–Crippen LogP) is 2.45. The maximum Gasteiger partial charge on any atom is 0.248 e. The van der Waals surface area contributed by atoms with E-state index in [2.05, 4.69) is 20.8 Å². The molecule has 1 aliphatic rings. The lowest BCUT2D eigenvalue weighted by molar-refractivity contribution is -0.135. The summed E-state index contributed by atoms with van der Waals surface area (Å²) in [5.74, 6) is 0.164. The van der Waals surface area contributed by atoms with E-state index in [1.807, 2.05) is 4.90 Å². The standard InChI is InChI=1S/C13H25NO2/c1-4-9-16-10-12(15)14-8-7-13(5-2,6-3)11-14/h4-11H2,1-3H3. The molecule has 0 aromatic rings. The molecule has 3 heteroatoms. The van der Waals surface area contributed by atoms with E-state index < -0.39 is 0 Å². The van der Waals surface area contributed by atoms with Crippen molar-refractivity contribution >= 4 is 5.91 Å². The maximum absolute atomic E-state index is 11.8. The summed E-state index contributed by atoms with van der Waals surface area (Å²) in [6.45, 7) is 9.30. The molecular formula is C13H25NO2. The van der Waals surface area contributed by atoms with Gasteiger partial charge in [-0.15, -0.1) is 0 Å². The van der Waals surface area contributed by atoms with Gasteiger partial charge in [0.25, 0.3) is 0 Å². The van der Waals surface area contributed by atoms with Crippen LogP contribution in [0.2, 0.25) is 0 Å². The fourth-order valence-corrected chi connectivity index (χ4v) is 2.37. The Bertz CT molecular complexity index is 224. The Balaban J connectivity index is 2.37. The molecule has 0 spiro atoms. The number of rotatable bonds is 6. The van der Waals surface area contributed by atoms with Crippen LogP contribution in [0.4, 0.5) is 0 Å². The van der Waals surface area contributed by atoms with Crippen LogP contribution >= 0.6 is 0 Å². The van der Waals surface area contributed by atoms with Gasteiger partial charge in [-0.05, 0) is 31.1 Å². The second kappa shape index (κ2) is 6.24. The summed E-state index contributed by atoms with van der Waals surface area (Å²) in [5.41, 5.74) is 0.375. The van der Waals surface area contributed by atoms with Gasteiger partial charge < -0.3 is 9.64 Å². The van der Waals surface area contributed by atoms with Crippen LogP contribution in [-0.2, 0) is 9.53 Å². The van der Waals surface area contributed by atoms with Crippen LogP contribution in [0.25, 0.3) is 0 Å². The van der Waals surface area contributed by atoms with Gasteiger partial charge in [0.2, 0.25) is 5.91 Å². The average molecular weight is 227 g/mol. The van der Waals surface area contributed by atoms with Gasteiger partial charge in [0, 0.05) is 19.7 Å². The second-order valence-electron chi connectivity index (χ2n) is 4.82. The summed E-state index contributed by atoms with van der Waals surface area (Å²) >= 11 is 0. The minimum atomic E-state index is 0.164. The molecule has 1 saturated heterocycles. The van der Waals surface area contributed by atoms with Crippen LogP contribution < -0.4 is 0 Å². The SMILES string of the molecule is CCCOCC(=O)N1CCC(CC)(CC)C1. The predicted molar refractivity (Wildman–Crippen MR) is 65.3 cm³/mol. The highest BCUT2D eigenvalue weighted by atomic mass is 16.5. The minimum Gasteiger partial charge on any atom is -0.372 e. The molecular weight excluding hydrogens is 202 g/mol. The lowest BCUT2D eigenvalue weighted by Gasteiger charge is -2.26. The third kappa shape index (κ3) is 3.21. The van der Waals surface area contributed by atoms with E-state index >= 15 is 0 Å². The van der Waals surface area contributed by atoms with E-state index in [1.165, 1.54) is 12.8 Å². The summed E-state index contributed by atoms with van der Waals surface area (Å²) in [6.07, 6.45) is 4.47. The summed E-state index contributed by atoms with van der Waals surface area (Å²) in [7, 11) is 0. The van der Waals surface area contributed by atoms with Gasteiger partial charge >= 0.3 is 0 Å². The number of carbonyl (C=O) groups excluding carboxylic acids is 1. The summed E-state index contributed by atoms with van der Waals surface area (Å²) in [4.78, 5) is 13.8. The van der Waals surface area contributed by atoms with Gasteiger partial charge in [-0.1, -0.05) is 20.8 Å². The molecule has 0 aliphatic carbocycles. The number of carbonyl (C=O) groups is 1. The molecule has 0 bridgehead atoms. The van der Waals surface area contributed by atoms with Crippen LogP contribution in [-0.4, -0.2) is 37.1 Å². The zero-order valence-electron chi connectivity index (χ0n) is 10.9.